The van der Waals surface area contributed by atoms with Crippen molar-refractivity contribution in [2.75, 3.05) is 0 Å². The van der Waals surface area contributed by atoms with Gasteiger partial charge in [-0.1, -0.05) is 13.3 Å². The molecule has 0 aromatic carbocycles. The molecular formula is C11H20O2. The Labute approximate surface area is 80.0 Å². The van der Waals surface area contributed by atoms with Crippen LogP contribution < -0.4 is 0 Å². The minimum absolute atomic E-state index is 0.108. The molecule has 2 fully saturated rings. The van der Waals surface area contributed by atoms with E-state index in [-0.39, 0.29) is 17.6 Å². The second-order valence-electron chi connectivity index (χ2n) is 5.08. The number of rotatable bonds is 0. The minimum atomic E-state index is -0.126. The van der Waals surface area contributed by atoms with Crippen molar-refractivity contribution < 1.29 is 10.2 Å². The third-order valence-corrected chi connectivity index (χ3v) is 4.30. The Morgan fingerprint density at radius 1 is 1.15 bits per heavy atom. The third kappa shape index (κ3) is 1.50. The second-order valence-corrected chi connectivity index (χ2v) is 5.08. The Morgan fingerprint density at radius 2 is 1.92 bits per heavy atom. The third-order valence-electron chi connectivity index (χ3n) is 4.30. The van der Waals surface area contributed by atoms with Crippen LogP contribution in [0.2, 0.25) is 0 Å². The van der Waals surface area contributed by atoms with Crippen molar-refractivity contribution in [1.82, 2.24) is 0 Å². The van der Waals surface area contributed by atoms with E-state index in [0.717, 1.165) is 32.1 Å². The highest BCUT2D eigenvalue weighted by atomic mass is 16.3. The van der Waals surface area contributed by atoms with E-state index in [1.54, 1.807) is 0 Å². The van der Waals surface area contributed by atoms with Crippen LogP contribution in [0.4, 0.5) is 0 Å². The molecule has 0 spiro atoms. The Kier molecular flexibility index (Phi) is 2.37. The van der Waals surface area contributed by atoms with Gasteiger partial charge in [-0.3, -0.25) is 0 Å². The quantitative estimate of drug-likeness (QED) is 0.601. The standard InChI is InChI=1S/C11H20O2/c1-11-6-5-9(12)7-8(11)3-2-4-10(11)13/h8-10,12-13H,2-7H2,1H3/t8-,9-,10-,11+/m0/s1. The molecule has 0 unspecified atom stereocenters. The highest BCUT2D eigenvalue weighted by Crippen LogP contribution is 2.50. The van der Waals surface area contributed by atoms with Gasteiger partial charge in [0.2, 0.25) is 0 Å². The lowest BCUT2D eigenvalue weighted by Crippen LogP contribution is -2.47. The molecule has 0 amide bonds. The number of hydrogen-bond acceptors (Lipinski definition) is 2. The maximum absolute atomic E-state index is 9.97. The lowest BCUT2D eigenvalue weighted by atomic mass is 9.58. The Bertz CT molecular complexity index is 193. The summed E-state index contributed by atoms with van der Waals surface area (Å²) in [7, 11) is 0. The first kappa shape index (κ1) is 9.47. The van der Waals surface area contributed by atoms with Crippen LogP contribution in [0.5, 0.6) is 0 Å². The zero-order chi connectivity index (χ0) is 9.47. The average molecular weight is 184 g/mol. The van der Waals surface area contributed by atoms with E-state index in [9.17, 15) is 10.2 Å². The van der Waals surface area contributed by atoms with Crippen molar-refractivity contribution in [3.63, 3.8) is 0 Å². The summed E-state index contributed by atoms with van der Waals surface area (Å²) >= 11 is 0. The average Bonchev–Trinajstić information content (AvgIpc) is 2.09. The molecule has 2 heteroatoms. The van der Waals surface area contributed by atoms with Crippen LogP contribution in [0.25, 0.3) is 0 Å². The van der Waals surface area contributed by atoms with Crippen LogP contribution in [-0.2, 0) is 0 Å². The van der Waals surface area contributed by atoms with Gasteiger partial charge in [0.1, 0.15) is 0 Å². The molecule has 0 aromatic rings. The fourth-order valence-electron chi connectivity index (χ4n) is 3.17. The van der Waals surface area contributed by atoms with Gasteiger partial charge in [-0.05, 0) is 43.4 Å². The van der Waals surface area contributed by atoms with Crippen LogP contribution in [-0.4, -0.2) is 22.4 Å². The fraction of sp³-hybridized carbons (Fsp3) is 1.00. The summed E-state index contributed by atoms with van der Waals surface area (Å²) in [5.41, 5.74) is 0.109. The highest BCUT2D eigenvalue weighted by molar-refractivity contribution is 4.96. The molecule has 13 heavy (non-hydrogen) atoms. The molecule has 0 bridgehead atoms. The smallest absolute Gasteiger partial charge is 0.0596 e. The number of aliphatic hydroxyl groups is 2. The van der Waals surface area contributed by atoms with E-state index in [1.807, 2.05) is 0 Å². The van der Waals surface area contributed by atoms with Gasteiger partial charge < -0.3 is 10.2 Å². The molecule has 2 aliphatic rings. The molecule has 2 rings (SSSR count). The first-order valence-electron chi connectivity index (χ1n) is 5.49. The van der Waals surface area contributed by atoms with Gasteiger partial charge in [0.25, 0.3) is 0 Å². The monoisotopic (exact) mass is 184 g/mol. The zero-order valence-corrected chi connectivity index (χ0v) is 8.37. The van der Waals surface area contributed by atoms with Gasteiger partial charge in [-0.15, -0.1) is 0 Å². The van der Waals surface area contributed by atoms with Crippen LogP contribution in [0.3, 0.4) is 0 Å². The molecule has 0 heterocycles. The summed E-state index contributed by atoms with van der Waals surface area (Å²) < 4.78 is 0. The van der Waals surface area contributed by atoms with Crippen LogP contribution >= 0.6 is 0 Å². The van der Waals surface area contributed by atoms with Crippen molar-refractivity contribution in [3.8, 4) is 0 Å². The molecule has 76 valence electrons. The Morgan fingerprint density at radius 3 is 2.69 bits per heavy atom. The fourth-order valence-corrected chi connectivity index (χ4v) is 3.17. The lowest BCUT2D eigenvalue weighted by Gasteiger charge is -2.49. The molecule has 2 saturated carbocycles. The van der Waals surface area contributed by atoms with Gasteiger partial charge >= 0.3 is 0 Å². The van der Waals surface area contributed by atoms with Gasteiger partial charge in [0.15, 0.2) is 0 Å². The molecule has 0 radical (unpaired) electrons. The minimum Gasteiger partial charge on any atom is -0.393 e. The van der Waals surface area contributed by atoms with E-state index >= 15 is 0 Å². The normalized spacial score (nSPS) is 51.5. The molecule has 2 aliphatic carbocycles. The molecule has 2 N–H and O–H groups in total. The molecule has 2 nitrogen and oxygen atoms in total. The lowest BCUT2D eigenvalue weighted by molar-refractivity contribution is -0.0912. The maximum Gasteiger partial charge on any atom is 0.0596 e. The molecular weight excluding hydrogens is 164 g/mol. The predicted molar refractivity (Wildman–Crippen MR) is 51.3 cm³/mol. The second kappa shape index (κ2) is 3.25. The first-order valence-corrected chi connectivity index (χ1v) is 5.49. The van der Waals surface area contributed by atoms with Crippen molar-refractivity contribution in [3.05, 3.63) is 0 Å². The van der Waals surface area contributed by atoms with Crippen LogP contribution in [0, 0.1) is 11.3 Å². The van der Waals surface area contributed by atoms with Gasteiger partial charge in [-0.25, -0.2) is 0 Å². The van der Waals surface area contributed by atoms with E-state index in [1.165, 1.54) is 6.42 Å². The Hall–Kier alpha value is -0.0800. The number of fused-ring (bicyclic) bond motifs is 1. The number of aliphatic hydroxyl groups excluding tert-OH is 2. The summed E-state index contributed by atoms with van der Waals surface area (Å²) in [6.07, 6.45) is 5.85. The van der Waals surface area contributed by atoms with E-state index < -0.39 is 0 Å². The van der Waals surface area contributed by atoms with Gasteiger partial charge in [0, 0.05) is 0 Å². The maximum atomic E-state index is 9.97. The molecule has 0 aromatic heterocycles. The van der Waals surface area contributed by atoms with Crippen LogP contribution in [0.15, 0.2) is 0 Å². The predicted octanol–water partition coefficient (Wildman–Crippen LogP) is 1.70. The summed E-state index contributed by atoms with van der Waals surface area (Å²) in [6, 6.07) is 0. The molecule has 0 saturated heterocycles. The molecule has 0 aliphatic heterocycles. The van der Waals surface area contributed by atoms with Crippen molar-refractivity contribution >= 4 is 0 Å². The summed E-state index contributed by atoms with van der Waals surface area (Å²) in [5.74, 6) is 0.556. The summed E-state index contributed by atoms with van der Waals surface area (Å²) in [6.45, 7) is 2.20. The van der Waals surface area contributed by atoms with Gasteiger partial charge in [-0.2, -0.15) is 0 Å². The first-order chi connectivity index (χ1) is 6.13. The molecule has 4 atom stereocenters. The summed E-state index contributed by atoms with van der Waals surface area (Å²) in [5, 5.41) is 19.5. The van der Waals surface area contributed by atoms with E-state index in [0.29, 0.717) is 5.92 Å². The van der Waals surface area contributed by atoms with Crippen molar-refractivity contribution in [2.45, 2.75) is 57.7 Å². The number of hydrogen-bond donors (Lipinski definition) is 2. The van der Waals surface area contributed by atoms with Crippen molar-refractivity contribution in [2.24, 2.45) is 11.3 Å². The largest absolute Gasteiger partial charge is 0.393 e. The topological polar surface area (TPSA) is 40.5 Å². The van der Waals surface area contributed by atoms with Crippen molar-refractivity contribution in [1.29, 1.82) is 0 Å². The summed E-state index contributed by atoms with van der Waals surface area (Å²) in [4.78, 5) is 0. The zero-order valence-electron chi connectivity index (χ0n) is 8.37. The highest BCUT2D eigenvalue weighted by Gasteiger charge is 2.46. The SMILES string of the molecule is C[C@@]12CC[C@H](O)C[C@@H]1CCC[C@@H]2O. The van der Waals surface area contributed by atoms with E-state index in [2.05, 4.69) is 6.92 Å². The van der Waals surface area contributed by atoms with Gasteiger partial charge in [0.05, 0.1) is 12.2 Å². The van der Waals surface area contributed by atoms with E-state index in [4.69, 9.17) is 0 Å². The van der Waals surface area contributed by atoms with Crippen LogP contribution in [0.1, 0.15) is 45.4 Å². The Balaban J connectivity index is 2.13.